The van der Waals surface area contributed by atoms with E-state index in [1.165, 1.54) is 13.8 Å². The SMILES string of the molecule is CCOc1c(C(F)(F)F)cc2nc(C)[nH]c2c1[N+](=O)[O-]. The van der Waals surface area contributed by atoms with Gasteiger partial charge in [-0.1, -0.05) is 0 Å². The predicted molar refractivity (Wildman–Crippen MR) is 63.7 cm³/mol. The lowest BCUT2D eigenvalue weighted by atomic mass is 10.1. The van der Waals surface area contributed by atoms with Crippen molar-refractivity contribution in [2.24, 2.45) is 0 Å². The molecule has 108 valence electrons. The number of aryl methyl sites for hydroxylation is 1. The lowest BCUT2D eigenvalue weighted by Gasteiger charge is -2.13. The largest absolute Gasteiger partial charge is 0.487 e. The topological polar surface area (TPSA) is 81.0 Å². The van der Waals surface area contributed by atoms with Crippen molar-refractivity contribution in [3.8, 4) is 5.75 Å². The number of H-pyrrole nitrogens is 1. The van der Waals surface area contributed by atoms with Crippen LogP contribution in [0.25, 0.3) is 11.0 Å². The number of benzene rings is 1. The van der Waals surface area contributed by atoms with Crippen LogP contribution in [0.5, 0.6) is 5.75 Å². The highest BCUT2D eigenvalue weighted by Gasteiger charge is 2.40. The predicted octanol–water partition coefficient (Wildman–Crippen LogP) is 3.20. The lowest BCUT2D eigenvalue weighted by molar-refractivity contribution is -0.384. The van der Waals surface area contributed by atoms with Crippen molar-refractivity contribution in [2.45, 2.75) is 20.0 Å². The summed E-state index contributed by atoms with van der Waals surface area (Å²) in [6.07, 6.45) is -4.77. The van der Waals surface area contributed by atoms with Crippen LogP contribution in [-0.2, 0) is 6.18 Å². The van der Waals surface area contributed by atoms with Gasteiger partial charge in [-0.25, -0.2) is 4.98 Å². The van der Waals surface area contributed by atoms with E-state index < -0.39 is 28.1 Å². The van der Waals surface area contributed by atoms with E-state index >= 15 is 0 Å². The van der Waals surface area contributed by atoms with E-state index in [2.05, 4.69) is 9.97 Å². The number of nitro groups is 1. The molecular weight excluding hydrogens is 279 g/mol. The molecule has 0 unspecified atom stereocenters. The third kappa shape index (κ3) is 2.26. The zero-order valence-corrected chi connectivity index (χ0v) is 10.5. The molecule has 0 radical (unpaired) electrons. The number of alkyl halides is 3. The number of rotatable bonds is 3. The summed E-state index contributed by atoms with van der Waals surface area (Å²) in [5, 5.41) is 11.1. The minimum absolute atomic E-state index is 0.0797. The summed E-state index contributed by atoms with van der Waals surface area (Å²) in [7, 11) is 0. The molecule has 6 nitrogen and oxygen atoms in total. The van der Waals surface area contributed by atoms with Crippen LogP contribution < -0.4 is 4.74 Å². The summed E-state index contributed by atoms with van der Waals surface area (Å²) >= 11 is 0. The second kappa shape index (κ2) is 4.66. The highest BCUT2D eigenvalue weighted by Crippen LogP contribution is 2.45. The molecule has 0 aliphatic rings. The minimum Gasteiger partial charge on any atom is -0.487 e. The van der Waals surface area contributed by atoms with Crippen molar-refractivity contribution in [3.63, 3.8) is 0 Å². The number of fused-ring (bicyclic) bond motifs is 1. The van der Waals surface area contributed by atoms with Gasteiger partial charge in [0.05, 0.1) is 17.0 Å². The first-order chi connectivity index (χ1) is 9.25. The Kier molecular flexibility index (Phi) is 3.28. The molecule has 1 N–H and O–H groups in total. The number of halogens is 3. The van der Waals surface area contributed by atoms with Crippen molar-refractivity contribution < 1.29 is 22.8 Å². The molecule has 0 fully saturated rings. The van der Waals surface area contributed by atoms with Crippen LogP contribution in [0.4, 0.5) is 18.9 Å². The molecule has 0 bridgehead atoms. The summed E-state index contributed by atoms with van der Waals surface area (Å²) in [6.45, 7) is 2.83. The van der Waals surface area contributed by atoms with Crippen LogP contribution in [-0.4, -0.2) is 21.5 Å². The molecule has 2 rings (SSSR count). The monoisotopic (exact) mass is 289 g/mol. The Morgan fingerprint density at radius 2 is 2.15 bits per heavy atom. The highest BCUT2D eigenvalue weighted by atomic mass is 19.4. The maximum atomic E-state index is 13.0. The van der Waals surface area contributed by atoms with Crippen molar-refractivity contribution in [1.29, 1.82) is 0 Å². The van der Waals surface area contributed by atoms with Gasteiger partial charge in [0.2, 0.25) is 5.75 Å². The Morgan fingerprint density at radius 3 is 2.65 bits per heavy atom. The van der Waals surface area contributed by atoms with Gasteiger partial charge in [-0.15, -0.1) is 0 Å². The van der Waals surface area contributed by atoms with Gasteiger partial charge in [-0.3, -0.25) is 10.1 Å². The quantitative estimate of drug-likeness (QED) is 0.695. The Labute approximate surface area is 110 Å². The molecular formula is C11H10F3N3O3. The molecule has 20 heavy (non-hydrogen) atoms. The molecule has 0 saturated heterocycles. The number of hydrogen-bond donors (Lipinski definition) is 1. The summed E-state index contributed by atoms with van der Waals surface area (Å²) in [4.78, 5) is 16.6. The third-order valence-electron chi connectivity index (χ3n) is 2.60. The lowest BCUT2D eigenvalue weighted by Crippen LogP contribution is -2.11. The number of nitro benzene ring substituents is 1. The number of hydrogen-bond acceptors (Lipinski definition) is 4. The second-order valence-electron chi connectivity index (χ2n) is 4.01. The normalized spacial score (nSPS) is 11.8. The molecule has 0 spiro atoms. The standard InChI is InChI=1S/C11H10F3N3O3/c1-3-20-10-6(11(12,13)14)4-7-8(9(10)17(18)19)16-5(2)15-7/h4H,3H2,1-2H3,(H,15,16). The fraction of sp³-hybridized carbons (Fsp3) is 0.364. The first-order valence-electron chi connectivity index (χ1n) is 5.63. The summed E-state index contributed by atoms with van der Waals surface area (Å²) in [6, 6.07) is 0.747. The van der Waals surface area contributed by atoms with Crippen LogP contribution in [0.2, 0.25) is 0 Å². The van der Waals surface area contributed by atoms with Crippen LogP contribution in [0, 0.1) is 17.0 Å². The molecule has 1 aromatic heterocycles. The van der Waals surface area contributed by atoms with E-state index in [0.717, 1.165) is 6.07 Å². The maximum Gasteiger partial charge on any atom is 0.420 e. The average Bonchev–Trinajstić information content (AvgIpc) is 2.66. The maximum absolute atomic E-state index is 13.0. The van der Waals surface area contributed by atoms with E-state index in [9.17, 15) is 23.3 Å². The third-order valence-corrected chi connectivity index (χ3v) is 2.60. The van der Waals surface area contributed by atoms with Gasteiger partial charge in [-0.05, 0) is 19.9 Å². The number of nitrogens with zero attached hydrogens (tertiary/aromatic N) is 2. The number of ether oxygens (including phenoxy) is 1. The molecule has 0 saturated carbocycles. The molecule has 0 aliphatic carbocycles. The Balaban J connectivity index is 2.91. The molecule has 9 heteroatoms. The molecule has 2 aromatic rings. The first kappa shape index (κ1) is 14.1. The van der Waals surface area contributed by atoms with Crippen LogP contribution in [0.1, 0.15) is 18.3 Å². The molecule has 0 amide bonds. The van der Waals surface area contributed by atoms with Gasteiger partial charge in [-0.2, -0.15) is 13.2 Å². The minimum atomic E-state index is -4.77. The first-order valence-corrected chi connectivity index (χ1v) is 5.63. The second-order valence-corrected chi connectivity index (χ2v) is 4.01. The summed E-state index contributed by atoms with van der Waals surface area (Å²) in [5.74, 6) is -0.508. The Bertz CT molecular complexity index is 679. The van der Waals surface area contributed by atoms with Crippen molar-refractivity contribution in [3.05, 3.63) is 27.6 Å². The van der Waals surface area contributed by atoms with Crippen LogP contribution >= 0.6 is 0 Å². The fourth-order valence-corrected chi connectivity index (χ4v) is 1.91. The molecule has 0 aliphatic heterocycles. The molecule has 1 aromatic carbocycles. The molecule has 0 atom stereocenters. The van der Waals surface area contributed by atoms with Gasteiger partial charge < -0.3 is 9.72 Å². The smallest absolute Gasteiger partial charge is 0.420 e. The number of aromatic nitrogens is 2. The number of nitrogens with one attached hydrogen (secondary N) is 1. The van der Waals surface area contributed by atoms with Crippen molar-refractivity contribution >= 4 is 16.7 Å². The summed E-state index contributed by atoms with van der Waals surface area (Å²) < 4.78 is 43.9. The Hall–Kier alpha value is -2.32. The van der Waals surface area contributed by atoms with E-state index in [0.29, 0.717) is 0 Å². The zero-order chi connectivity index (χ0) is 15.1. The van der Waals surface area contributed by atoms with E-state index in [1.807, 2.05) is 0 Å². The van der Waals surface area contributed by atoms with Gasteiger partial charge in [0, 0.05) is 0 Å². The van der Waals surface area contributed by atoms with Crippen molar-refractivity contribution in [1.82, 2.24) is 9.97 Å². The number of aromatic amines is 1. The summed E-state index contributed by atoms with van der Waals surface area (Å²) in [5.41, 5.74) is -2.16. The zero-order valence-electron chi connectivity index (χ0n) is 10.5. The van der Waals surface area contributed by atoms with Crippen molar-refractivity contribution in [2.75, 3.05) is 6.61 Å². The van der Waals surface area contributed by atoms with Gasteiger partial charge in [0.25, 0.3) is 0 Å². The van der Waals surface area contributed by atoms with Crippen LogP contribution in [0.3, 0.4) is 0 Å². The fourth-order valence-electron chi connectivity index (χ4n) is 1.91. The van der Waals surface area contributed by atoms with E-state index in [4.69, 9.17) is 4.74 Å². The van der Waals surface area contributed by atoms with Gasteiger partial charge >= 0.3 is 11.9 Å². The van der Waals surface area contributed by atoms with Crippen LogP contribution in [0.15, 0.2) is 6.07 Å². The highest BCUT2D eigenvalue weighted by molar-refractivity contribution is 5.89. The van der Waals surface area contributed by atoms with Gasteiger partial charge in [0.1, 0.15) is 16.9 Å². The van der Waals surface area contributed by atoms with E-state index in [1.54, 1.807) is 0 Å². The number of imidazole rings is 1. The average molecular weight is 289 g/mol. The van der Waals surface area contributed by atoms with E-state index in [-0.39, 0.29) is 23.5 Å². The molecule has 1 heterocycles. The Morgan fingerprint density at radius 1 is 1.50 bits per heavy atom. The van der Waals surface area contributed by atoms with Gasteiger partial charge in [0.15, 0.2) is 0 Å².